The first kappa shape index (κ1) is 17.7. The van der Waals surface area contributed by atoms with Gasteiger partial charge in [0.05, 0.1) is 11.8 Å². The lowest BCUT2D eigenvalue weighted by Gasteiger charge is -2.40. The van der Waals surface area contributed by atoms with Gasteiger partial charge in [0.2, 0.25) is 5.91 Å². The average molecular weight is 364 g/mol. The molecule has 0 aromatic heterocycles. The predicted octanol–water partition coefficient (Wildman–Crippen LogP) is 3.56. The van der Waals surface area contributed by atoms with Crippen LogP contribution in [0, 0.1) is 5.82 Å². The largest absolute Gasteiger partial charge is 0.380 e. The van der Waals surface area contributed by atoms with Crippen LogP contribution in [0.3, 0.4) is 0 Å². The second-order valence-corrected chi connectivity index (χ2v) is 7.66. The van der Waals surface area contributed by atoms with E-state index in [1.807, 2.05) is 0 Å². The number of rotatable bonds is 4. The van der Waals surface area contributed by atoms with Crippen molar-refractivity contribution < 1.29 is 33.4 Å². The molecule has 132 valence electrons. The van der Waals surface area contributed by atoms with Crippen LogP contribution in [0.15, 0.2) is 23.1 Å². The number of nitrogens with two attached hydrogens (primary N) is 1. The van der Waals surface area contributed by atoms with E-state index in [1.54, 1.807) is 0 Å². The Labute approximate surface area is 127 Å². The molecule has 2 unspecified atom stereocenters. The van der Waals surface area contributed by atoms with Crippen LogP contribution in [-0.4, -0.2) is 31.7 Å². The quantitative estimate of drug-likeness (QED) is 0.831. The maximum atomic E-state index is 14.0. The van der Waals surface area contributed by atoms with E-state index in [2.05, 4.69) is 0 Å². The lowest BCUT2D eigenvalue weighted by atomic mass is 10.2. The molecular formula is C12H14F6N2O2S. The van der Waals surface area contributed by atoms with E-state index in [1.165, 1.54) is 7.11 Å². The van der Waals surface area contributed by atoms with Gasteiger partial charge in [-0.15, -0.1) is 0 Å². The van der Waals surface area contributed by atoms with Gasteiger partial charge in [0.25, 0.3) is 0 Å². The average Bonchev–Trinajstić information content (AvgIpc) is 2.80. The molecule has 23 heavy (non-hydrogen) atoms. The fourth-order valence-corrected chi connectivity index (χ4v) is 3.12. The Hall–Kier alpha value is -1.62. The zero-order valence-electron chi connectivity index (χ0n) is 11.8. The van der Waals surface area contributed by atoms with Gasteiger partial charge in [-0.25, -0.2) is 4.39 Å². The van der Waals surface area contributed by atoms with Gasteiger partial charge in [0.1, 0.15) is 16.8 Å². The molecule has 1 saturated heterocycles. The summed E-state index contributed by atoms with van der Waals surface area (Å²) in [6.45, 7) is -0.00319. The van der Waals surface area contributed by atoms with E-state index in [0.29, 0.717) is 6.07 Å². The molecule has 0 saturated carbocycles. The lowest BCUT2D eigenvalue weighted by Crippen LogP contribution is -2.40. The molecule has 0 bridgehead atoms. The normalized spacial score (nSPS) is 25.1. The number of ether oxygens (including phenoxy) is 1. The van der Waals surface area contributed by atoms with Crippen LogP contribution in [0.2, 0.25) is 0 Å². The minimum atomic E-state index is -9.97. The number of carbonyl (C=O) groups excluding carboxylic acids is 1. The summed E-state index contributed by atoms with van der Waals surface area (Å²) in [5.41, 5.74) is 4.76. The van der Waals surface area contributed by atoms with Crippen LogP contribution in [0.1, 0.15) is 6.42 Å². The van der Waals surface area contributed by atoms with E-state index < -0.39 is 44.7 Å². The first-order valence-corrected chi connectivity index (χ1v) is 8.30. The molecule has 1 fully saturated rings. The molecule has 1 heterocycles. The van der Waals surface area contributed by atoms with Gasteiger partial charge in [0.15, 0.2) is 0 Å². The number of methoxy groups -OCH3 is 1. The Bertz CT molecular complexity index is 651. The first-order chi connectivity index (χ1) is 10.2. The van der Waals surface area contributed by atoms with Crippen LogP contribution in [-0.2, 0) is 9.53 Å². The molecular weight excluding hydrogens is 350 g/mol. The second kappa shape index (κ2) is 4.69. The zero-order valence-corrected chi connectivity index (χ0v) is 12.6. The summed E-state index contributed by atoms with van der Waals surface area (Å²) >= 11 is 0. The fraction of sp³-hybridized carbons (Fsp3) is 0.417. The molecule has 0 radical (unpaired) electrons. The van der Waals surface area contributed by atoms with Gasteiger partial charge in [-0.3, -0.25) is 4.79 Å². The first-order valence-electron chi connectivity index (χ1n) is 6.35. The number of primary amides is 1. The number of anilines is 1. The van der Waals surface area contributed by atoms with Gasteiger partial charge in [-0.05, 0) is 18.2 Å². The molecule has 1 aromatic rings. The van der Waals surface area contributed by atoms with Crippen molar-refractivity contribution in [1.29, 1.82) is 0 Å². The molecule has 1 aromatic carbocycles. The van der Waals surface area contributed by atoms with Crippen molar-refractivity contribution in [2.45, 2.75) is 23.5 Å². The molecule has 2 atom stereocenters. The summed E-state index contributed by atoms with van der Waals surface area (Å²) in [5.74, 6) is -2.33. The number of halogens is 6. The highest BCUT2D eigenvalue weighted by Crippen LogP contribution is 3.02. The van der Waals surface area contributed by atoms with Crippen molar-refractivity contribution in [2.75, 3.05) is 18.6 Å². The van der Waals surface area contributed by atoms with Crippen LogP contribution in [0.5, 0.6) is 0 Å². The molecule has 2 rings (SSSR count). The van der Waals surface area contributed by atoms with Gasteiger partial charge >= 0.3 is 10.2 Å². The van der Waals surface area contributed by atoms with Crippen molar-refractivity contribution in [3.05, 3.63) is 24.0 Å². The molecule has 2 N–H and O–H groups in total. The maximum Gasteiger partial charge on any atom is 0.310 e. The van der Waals surface area contributed by atoms with Crippen LogP contribution < -0.4 is 10.6 Å². The van der Waals surface area contributed by atoms with E-state index in [9.17, 15) is 28.6 Å². The Morgan fingerprint density at radius 2 is 1.91 bits per heavy atom. The van der Waals surface area contributed by atoms with Crippen LogP contribution >= 0.6 is 10.2 Å². The summed E-state index contributed by atoms with van der Waals surface area (Å²) in [4.78, 5) is 10.2. The summed E-state index contributed by atoms with van der Waals surface area (Å²) in [5, 5.41) is 0. The van der Waals surface area contributed by atoms with Crippen LogP contribution in [0.25, 0.3) is 0 Å². The van der Waals surface area contributed by atoms with Gasteiger partial charge in [0, 0.05) is 20.1 Å². The Kier molecular flexibility index (Phi) is 3.62. The minimum absolute atomic E-state index is 0.00319. The van der Waals surface area contributed by atoms with Gasteiger partial charge in [-0.1, -0.05) is 19.4 Å². The minimum Gasteiger partial charge on any atom is -0.380 e. The van der Waals surface area contributed by atoms with E-state index >= 15 is 0 Å². The number of hydrogen-bond acceptors (Lipinski definition) is 3. The highest BCUT2D eigenvalue weighted by Gasteiger charge is 2.65. The van der Waals surface area contributed by atoms with Crippen molar-refractivity contribution in [3.63, 3.8) is 0 Å². The summed E-state index contributed by atoms with van der Waals surface area (Å²) in [7, 11) is -8.62. The Morgan fingerprint density at radius 3 is 2.35 bits per heavy atom. The topological polar surface area (TPSA) is 55.6 Å². The number of hydrogen-bond donors (Lipinski definition) is 1. The molecule has 0 spiro atoms. The highest BCUT2D eigenvalue weighted by atomic mass is 32.5. The SMILES string of the molecule is COC1CC(C(N)=O)N(c2ccc(S(F)(F)(F)(F)F)cc2F)C1. The maximum absolute atomic E-state index is 14.0. The highest BCUT2D eigenvalue weighted by molar-refractivity contribution is 8.45. The molecule has 1 aliphatic rings. The van der Waals surface area contributed by atoms with E-state index in [4.69, 9.17) is 10.5 Å². The van der Waals surface area contributed by atoms with E-state index in [-0.39, 0.29) is 25.1 Å². The third-order valence-electron chi connectivity index (χ3n) is 3.60. The smallest absolute Gasteiger partial charge is 0.310 e. The van der Waals surface area contributed by atoms with E-state index in [0.717, 1.165) is 4.90 Å². The second-order valence-electron chi connectivity index (χ2n) is 5.25. The molecule has 4 nitrogen and oxygen atoms in total. The number of nitrogens with zero attached hydrogens (tertiary/aromatic N) is 1. The zero-order chi connectivity index (χ0) is 17.7. The third-order valence-corrected chi connectivity index (χ3v) is 4.74. The number of carbonyl (C=O) groups is 1. The third kappa shape index (κ3) is 3.66. The van der Waals surface area contributed by atoms with Crippen molar-refractivity contribution in [1.82, 2.24) is 0 Å². The van der Waals surface area contributed by atoms with Gasteiger partial charge in [-0.2, -0.15) is 0 Å². The Balaban J connectivity index is 2.44. The fourth-order valence-electron chi connectivity index (χ4n) is 2.46. The van der Waals surface area contributed by atoms with Gasteiger partial charge < -0.3 is 15.4 Å². The molecule has 1 aliphatic heterocycles. The molecule has 0 aliphatic carbocycles. The van der Waals surface area contributed by atoms with Crippen molar-refractivity contribution in [3.8, 4) is 0 Å². The number of amides is 1. The summed E-state index contributed by atoms with van der Waals surface area (Å²) in [6, 6.07) is -0.607. The van der Waals surface area contributed by atoms with Crippen molar-refractivity contribution >= 4 is 21.8 Å². The number of benzene rings is 1. The standard InChI is InChI=1S/C12H14F6N2O2S/c1-22-7-4-11(12(19)21)20(6-7)10-3-2-8(5-9(10)13)23(14,15,16,17)18/h2-3,5,7,11H,4,6H2,1H3,(H2,19,21). The van der Waals surface area contributed by atoms with Crippen molar-refractivity contribution in [2.24, 2.45) is 5.73 Å². The van der Waals surface area contributed by atoms with Crippen LogP contribution in [0.4, 0.5) is 29.5 Å². The molecule has 1 amide bonds. The summed E-state index contributed by atoms with van der Waals surface area (Å²) < 4.78 is 82.4. The predicted molar refractivity (Wildman–Crippen MR) is 73.5 cm³/mol. The summed E-state index contributed by atoms with van der Waals surface area (Å²) in [6.07, 6.45) is -0.364. The monoisotopic (exact) mass is 364 g/mol. The molecule has 11 heteroatoms. The Morgan fingerprint density at radius 1 is 1.30 bits per heavy atom. The lowest BCUT2D eigenvalue weighted by molar-refractivity contribution is -0.119.